The molecule has 0 atom stereocenters. The van der Waals surface area contributed by atoms with Gasteiger partial charge in [-0.25, -0.2) is 8.61 Å². The minimum Gasteiger partial charge on any atom is -0.247 e. The molecule has 2 nitrogen and oxygen atoms in total. The maximum atomic E-state index is 2.71. The first-order valence-corrected chi connectivity index (χ1v) is 11.0. The van der Waals surface area contributed by atoms with Crippen LogP contribution in [0.25, 0.3) is 0 Å². The third kappa shape index (κ3) is 5.96. The molecule has 0 aliphatic heterocycles. The molecule has 0 radical (unpaired) electrons. The zero-order valence-corrected chi connectivity index (χ0v) is 15.7. The van der Waals surface area contributed by atoms with Gasteiger partial charge in [0.25, 0.3) is 0 Å². The van der Waals surface area contributed by atoms with Gasteiger partial charge in [-0.3, -0.25) is 0 Å². The van der Waals surface area contributed by atoms with Crippen LogP contribution in [0, 0.1) is 0 Å². The normalized spacial score (nSPS) is 21.1. The standard InChI is InChI=1S/C17H34N2S2/c1-3-13-18(16-9-5-6-10-16)20-15-21-19(14-4-2)17-11-7-8-12-17/h16-17H,3-15H2,1-2H3. The number of nitrogens with zero attached hydrogens (tertiary/aromatic N) is 2. The van der Waals surface area contributed by atoms with Gasteiger partial charge in [0.05, 0.1) is 5.08 Å². The van der Waals surface area contributed by atoms with Crippen molar-refractivity contribution in [3.63, 3.8) is 0 Å². The van der Waals surface area contributed by atoms with Crippen LogP contribution >= 0.6 is 23.9 Å². The summed E-state index contributed by atoms with van der Waals surface area (Å²) < 4.78 is 5.41. The number of hydrogen-bond donors (Lipinski definition) is 0. The summed E-state index contributed by atoms with van der Waals surface area (Å²) in [5.74, 6) is 0. The molecule has 2 aliphatic carbocycles. The molecule has 2 saturated carbocycles. The van der Waals surface area contributed by atoms with Gasteiger partial charge in [0, 0.05) is 25.2 Å². The molecule has 0 aromatic carbocycles. The summed E-state index contributed by atoms with van der Waals surface area (Å²) in [6.07, 6.45) is 14.1. The molecule has 21 heavy (non-hydrogen) atoms. The van der Waals surface area contributed by atoms with E-state index in [0.717, 1.165) is 12.1 Å². The van der Waals surface area contributed by atoms with Crippen LogP contribution < -0.4 is 0 Å². The van der Waals surface area contributed by atoms with Crippen molar-refractivity contribution in [1.29, 1.82) is 0 Å². The maximum Gasteiger partial charge on any atom is 0.0687 e. The van der Waals surface area contributed by atoms with E-state index < -0.39 is 0 Å². The Labute approximate surface area is 141 Å². The largest absolute Gasteiger partial charge is 0.247 e. The Bertz CT molecular complexity index is 238. The number of rotatable bonds is 10. The van der Waals surface area contributed by atoms with Crippen molar-refractivity contribution >= 4 is 23.9 Å². The van der Waals surface area contributed by atoms with Gasteiger partial charge in [-0.2, -0.15) is 0 Å². The van der Waals surface area contributed by atoms with E-state index in [1.54, 1.807) is 0 Å². The summed E-state index contributed by atoms with van der Waals surface area (Å²) in [6, 6.07) is 1.73. The fraction of sp³-hybridized carbons (Fsp3) is 1.00. The van der Waals surface area contributed by atoms with E-state index in [4.69, 9.17) is 0 Å². The van der Waals surface area contributed by atoms with Gasteiger partial charge >= 0.3 is 0 Å². The van der Waals surface area contributed by atoms with Crippen LogP contribution in [0.5, 0.6) is 0 Å². The van der Waals surface area contributed by atoms with E-state index >= 15 is 0 Å². The van der Waals surface area contributed by atoms with Crippen LogP contribution in [0.1, 0.15) is 78.1 Å². The fourth-order valence-corrected chi connectivity index (χ4v) is 6.43. The third-order valence-electron chi connectivity index (χ3n) is 4.79. The van der Waals surface area contributed by atoms with E-state index in [1.165, 1.54) is 82.4 Å². The molecule has 4 heteroatoms. The Kier molecular flexibility index (Phi) is 8.90. The lowest BCUT2D eigenvalue weighted by Gasteiger charge is -2.30. The van der Waals surface area contributed by atoms with Crippen molar-refractivity contribution in [1.82, 2.24) is 8.61 Å². The van der Waals surface area contributed by atoms with Crippen molar-refractivity contribution in [2.75, 3.05) is 18.2 Å². The summed E-state index contributed by atoms with van der Waals surface area (Å²) >= 11 is 4.22. The van der Waals surface area contributed by atoms with E-state index in [2.05, 4.69) is 46.4 Å². The average Bonchev–Trinajstić information content (AvgIpc) is 3.18. The summed E-state index contributed by atoms with van der Waals surface area (Å²) in [5.41, 5.74) is 0. The van der Waals surface area contributed by atoms with Crippen LogP contribution in [0.4, 0.5) is 0 Å². The molecular formula is C17H34N2S2. The second kappa shape index (κ2) is 10.4. The smallest absolute Gasteiger partial charge is 0.0687 e. The Morgan fingerprint density at radius 1 is 0.714 bits per heavy atom. The molecule has 0 aromatic rings. The Hall–Kier alpha value is 0.620. The van der Waals surface area contributed by atoms with E-state index in [9.17, 15) is 0 Å². The van der Waals surface area contributed by atoms with Crippen LogP contribution in [-0.4, -0.2) is 38.9 Å². The first kappa shape index (κ1) is 18.0. The second-order valence-electron chi connectivity index (χ2n) is 6.53. The van der Waals surface area contributed by atoms with Crippen molar-refractivity contribution in [3.8, 4) is 0 Å². The van der Waals surface area contributed by atoms with Gasteiger partial charge in [-0.15, -0.1) is 0 Å². The summed E-state index contributed by atoms with van der Waals surface area (Å²) in [4.78, 5) is 0. The zero-order valence-electron chi connectivity index (χ0n) is 14.1. The molecule has 2 rings (SSSR count). The van der Waals surface area contributed by atoms with Gasteiger partial charge in [0.2, 0.25) is 0 Å². The predicted octanol–water partition coefficient (Wildman–Crippen LogP) is 5.55. The summed E-state index contributed by atoms with van der Waals surface area (Å²) in [5, 5.41) is 1.22. The molecule has 2 fully saturated rings. The minimum atomic E-state index is 0.863. The predicted molar refractivity (Wildman–Crippen MR) is 98.6 cm³/mol. The molecule has 0 unspecified atom stereocenters. The lowest BCUT2D eigenvalue weighted by atomic mass is 10.2. The third-order valence-corrected chi connectivity index (χ3v) is 7.26. The quantitative estimate of drug-likeness (QED) is 0.382. The van der Waals surface area contributed by atoms with Crippen molar-refractivity contribution in [3.05, 3.63) is 0 Å². The molecule has 2 aliphatic rings. The highest BCUT2D eigenvalue weighted by Gasteiger charge is 2.25. The lowest BCUT2D eigenvalue weighted by molar-refractivity contribution is 0.354. The van der Waals surface area contributed by atoms with Crippen LogP contribution in [0.2, 0.25) is 0 Å². The van der Waals surface area contributed by atoms with Crippen molar-refractivity contribution in [2.45, 2.75) is 90.1 Å². The lowest BCUT2D eigenvalue weighted by Crippen LogP contribution is -2.30. The molecule has 0 bridgehead atoms. The van der Waals surface area contributed by atoms with Crippen LogP contribution in [0.15, 0.2) is 0 Å². The molecular weight excluding hydrogens is 296 g/mol. The first-order valence-electron chi connectivity index (χ1n) is 9.14. The molecule has 0 amide bonds. The zero-order chi connectivity index (χ0) is 14.9. The van der Waals surface area contributed by atoms with Crippen molar-refractivity contribution in [2.24, 2.45) is 0 Å². The molecule has 124 valence electrons. The van der Waals surface area contributed by atoms with E-state index in [-0.39, 0.29) is 0 Å². The summed E-state index contributed by atoms with van der Waals surface area (Å²) in [7, 11) is 0. The maximum absolute atomic E-state index is 2.71. The van der Waals surface area contributed by atoms with E-state index in [0.29, 0.717) is 0 Å². The number of hydrogen-bond acceptors (Lipinski definition) is 4. The monoisotopic (exact) mass is 330 g/mol. The minimum absolute atomic E-state index is 0.863. The molecule has 0 saturated heterocycles. The summed E-state index contributed by atoms with van der Waals surface area (Å²) in [6.45, 7) is 7.18. The van der Waals surface area contributed by atoms with Gasteiger partial charge in [0.15, 0.2) is 0 Å². The Balaban J connectivity index is 1.73. The van der Waals surface area contributed by atoms with E-state index in [1.807, 2.05) is 0 Å². The highest BCUT2D eigenvalue weighted by atomic mass is 32.2. The van der Waals surface area contributed by atoms with Crippen LogP contribution in [0.3, 0.4) is 0 Å². The molecule has 0 spiro atoms. The van der Waals surface area contributed by atoms with Gasteiger partial charge < -0.3 is 0 Å². The van der Waals surface area contributed by atoms with Crippen molar-refractivity contribution < 1.29 is 0 Å². The second-order valence-corrected chi connectivity index (χ2v) is 8.93. The van der Waals surface area contributed by atoms with Gasteiger partial charge in [-0.05, 0) is 38.5 Å². The fourth-order valence-electron chi connectivity index (χ4n) is 3.69. The molecule has 0 aromatic heterocycles. The Morgan fingerprint density at radius 2 is 1.10 bits per heavy atom. The average molecular weight is 331 g/mol. The van der Waals surface area contributed by atoms with Gasteiger partial charge in [-0.1, -0.05) is 63.4 Å². The molecule has 0 N–H and O–H groups in total. The first-order chi connectivity index (χ1) is 10.3. The topological polar surface area (TPSA) is 6.48 Å². The highest BCUT2D eigenvalue weighted by molar-refractivity contribution is 8.13. The van der Waals surface area contributed by atoms with Crippen LogP contribution in [-0.2, 0) is 0 Å². The highest BCUT2D eigenvalue weighted by Crippen LogP contribution is 2.33. The Morgan fingerprint density at radius 3 is 1.43 bits per heavy atom. The molecule has 0 heterocycles. The van der Waals surface area contributed by atoms with Gasteiger partial charge in [0.1, 0.15) is 0 Å². The SMILES string of the molecule is CCCN(SCSN(CCC)C1CCCC1)C1CCCC1.